The van der Waals surface area contributed by atoms with Gasteiger partial charge in [0.15, 0.2) is 0 Å². The summed E-state index contributed by atoms with van der Waals surface area (Å²) in [5.41, 5.74) is 6.78. The average Bonchev–Trinajstić information content (AvgIpc) is 2.49. The summed E-state index contributed by atoms with van der Waals surface area (Å²) in [5, 5.41) is 10.0. The average molecular weight is 278 g/mol. The van der Waals surface area contributed by atoms with Gasteiger partial charge in [0.2, 0.25) is 0 Å². The fourth-order valence-corrected chi connectivity index (χ4v) is 3.03. The Morgan fingerprint density at radius 1 is 1.64 bits per heavy atom. The molecule has 0 aromatic carbocycles. The Kier molecular flexibility index (Phi) is 4.57. The minimum atomic E-state index is -0.417. The molecule has 4 heteroatoms. The third-order valence-corrected chi connectivity index (χ3v) is 4.65. The van der Waals surface area contributed by atoms with Crippen molar-refractivity contribution in [1.29, 1.82) is 0 Å². The monoisotopic (exact) mass is 277 g/mol. The van der Waals surface area contributed by atoms with Crippen LogP contribution in [0, 0.1) is 12.8 Å². The molecule has 1 rings (SSSR count). The van der Waals surface area contributed by atoms with Crippen LogP contribution in [0.2, 0.25) is 0 Å². The van der Waals surface area contributed by atoms with E-state index >= 15 is 0 Å². The first-order chi connectivity index (χ1) is 6.60. The summed E-state index contributed by atoms with van der Waals surface area (Å²) in [4.78, 5) is 1.01. The van der Waals surface area contributed by atoms with Gasteiger partial charge in [0.25, 0.3) is 0 Å². The quantitative estimate of drug-likeness (QED) is 0.889. The summed E-state index contributed by atoms with van der Waals surface area (Å²) in [5.74, 6) is 0.167. The van der Waals surface area contributed by atoms with Crippen LogP contribution in [0.3, 0.4) is 0 Å². The Labute approximate surface area is 97.3 Å². The molecular formula is C10H16BrNOS. The predicted octanol–water partition coefficient (Wildman–Crippen LogP) is 2.84. The number of rotatable bonds is 4. The Morgan fingerprint density at radius 2 is 2.29 bits per heavy atom. The van der Waals surface area contributed by atoms with Gasteiger partial charge < -0.3 is 10.8 Å². The molecule has 0 bridgehead atoms. The molecule has 3 N–H and O–H groups in total. The second-order valence-corrected chi connectivity index (χ2v) is 5.86. The number of nitrogens with two attached hydrogens (primary N) is 1. The zero-order chi connectivity index (χ0) is 10.7. The van der Waals surface area contributed by atoms with Crippen LogP contribution in [0.4, 0.5) is 0 Å². The lowest BCUT2D eigenvalue weighted by molar-refractivity contribution is 0.113. The van der Waals surface area contributed by atoms with Gasteiger partial charge in [-0.25, -0.2) is 0 Å². The molecule has 0 aliphatic heterocycles. The normalized spacial score (nSPS) is 15.5. The van der Waals surface area contributed by atoms with E-state index in [4.69, 9.17) is 5.73 Å². The molecule has 0 saturated heterocycles. The van der Waals surface area contributed by atoms with Crippen molar-refractivity contribution >= 4 is 27.3 Å². The maximum Gasteiger partial charge on any atom is 0.0922 e. The molecule has 1 aromatic heterocycles. The van der Waals surface area contributed by atoms with Crippen molar-refractivity contribution < 1.29 is 5.11 Å². The lowest BCUT2D eigenvalue weighted by atomic mass is 9.98. The van der Waals surface area contributed by atoms with Crippen LogP contribution in [-0.2, 0) is 0 Å². The summed E-state index contributed by atoms with van der Waals surface area (Å²) in [7, 11) is 0. The van der Waals surface area contributed by atoms with E-state index in [1.807, 2.05) is 13.0 Å². The molecule has 0 saturated carbocycles. The van der Waals surface area contributed by atoms with Crippen molar-refractivity contribution in [3.63, 3.8) is 0 Å². The standard InChI is InChI=1S/C10H16BrNOS/c1-3-7(5-12)9(13)8-4-6(2)10(11)14-8/h4,7,9,13H,3,5,12H2,1-2H3. The van der Waals surface area contributed by atoms with Gasteiger partial charge in [-0.1, -0.05) is 6.92 Å². The SMILES string of the molecule is CCC(CN)C(O)c1cc(C)c(Br)s1. The van der Waals surface area contributed by atoms with Gasteiger partial charge in [0.1, 0.15) is 0 Å². The summed E-state index contributed by atoms with van der Waals surface area (Å²) < 4.78 is 1.10. The summed E-state index contributed by atoms with van der Waals surface area (Å²) in [6, 6.07) is 2.03. The molecule has 1 heterocycles. The van der Waals surface area contributed by atoms with Gasteiger partial charge in [-0.05, 0) is 47.4 Å². The maximum atomic E-state index is 10.0. The number of aliphatic hydroxyl groups is 1. The molecule has 0 aliphatic carbocycles. The fraction of sp³-hybridized carbons (Fsp3) is 0.600. The molecule has 2 atom stereocenters. The molecular weight excluding hydrogens is 262 g/mol. The van der Waals surface area contributed by atoms with Crippen molar-refractivity contribution in [3.8, 4) is 0 Å². The molecule has 0 spiro atoms. The third kappa shape index (κ3) is 2.57. The Morgan fingerprint density at radius 3 is 2.64 bits per heavy atom. The van der Waals surface area contributed by atoms with E-state index in [-0.39, 0.29) is 5.92 Å². The van der Waals surface area contributed by atoms with Crippen LogP contribution in [0.15, 0.2) is 9.85 Å². The highest BCUT2D eigenvalue weighted by Crippen LogP contribution is 2.34. The molecule has 0 fully saturated rings. The second-order valence-electron chi connectivity index (χ2n) is 3.45. The van der Waals surface area contributed by atoms with E-state index in [1.165, 1.54) is 5.56 Å². The fourth-order valence-electron chi connectivity index (χ4n) is 1.38. The van der Waals surface area contributed by atoms with E-state index in [2.05, 4.69) is 22.9 Å². The summed E-state index contributed by atoms with van der Waals surface area (Å²) in [6.07, 6.45) is 0.492. The smallest absolute Gasteiger partial charge is 0.0922 e. The Hall–Kier alpha value is 0.1000. The minimum absolute atomic E-state index is 0.167. The van der Waals surface area contributed by atoms with Crippen LogP contribution in [0.25, 0.3) is 0 Å². The predicted molar refractivity (Wildman–Crippen MR) is 64.6 cm³/mol. The molecule has 0 aliphatic rings. The van der Waals surface area contributed by atoms with Crippen LogP contribution < -0.4 is 5.73 Å². The highest BCUT2D eigenvalue weighted by molar-refractivity contribution is 9.11. The van der Waals surface area contributed by atoms with Gasteiger partial charge in [-0.2, -0.15) is 0 Å². The largest absolute Gasteiger partial charge is 0.387 e. The van der Waals surface area contributed by atoms with Gasteiger partial charge in [0.05, 0.1) is 9.89 Å². The highest BCUT2D eigenvalue weighted by atomic mass is 79.9. The van der Waals surface area contributed by atoms with Crippen LogP contribution in [0.5, 0.6) is 0 Å². The minimum Gasteiger partial charge on any atom is -0.387 e. The van der Waals surface area contributed by atoms with Crippen molar-refractivity contribution in [2.45, 2.75) is 26.4 Å². The van der Waals surface area contributed by atoms with Gasteiger partial charge in [-0.3, -0.25) is 0 Å². The number of aryl methyl sites for hydroxylation is 1. The number of thiophene rings is 1. The molecule has 80 valence electrons. The third-order valence-electron chi connectivity index (χ3n) is 2.44. The van der Waals surface area contributed by atoms with Crippen LogP contribution in [0.1, 0.15) is 29.9 Å². The number of halogens is 1. The topological polar surface area (TPSA) is 46.2 Å². The van der Waals surface area contributed by atoms with Crippen LogP contribution >= 0.6 is 27.3 Å². The molecule has 2 nitrogen and oxygen atoms in total. The van der Waals surface area contributed by atoms with Crippen molar-refractivity contribution in [1.82, 2.24) is 0 Å². The number of hydrogen-bond acceptors (Lipinski definition) is 3. The second kappa shape index (κ2) is 5.26. The Bertz CT molecular complexity index is 277. The molecule has 2 unspecified atom stereocenters. The molecule has 14 heavy (non-hydrogen) atoms. The van der Waals surface area contributed by atoms with Gasteiger partial charge >= 0.3 is 0 Å². The molecule has 0 amide bonds. The van der Waals surface area contributed by atoms with Crippen molar-refractivity contribution in [3.05, 3.63) is 20.3 Å². The van der Waals surface area contributed by atoms with E-state index in [0.717, 1.165) is 15.1 Å². The van der Waals surface area contributed by atoms with E-state index in [9.17, 15) is 5.11 Å². The number of aliphatic hydroxyl groups excluding tert-OH is 1. The highest BCUT2D eigenvalue weighted by Gasteiger charge is 2.20. The summed E-state index contributed by atoms with van der Waals surface area (Å²) in [6.45, 7) is 4.61. The number of hydrogen-bond donors (Lipinski definition) is 2. The molecule has 0 radical (unpaired) electrons. The summed E-state index contributed by atoms with van der Waals surface area (Å²) >= 11 is 5.05. The first-order valence-corrected chi connectivity index (χ1v) is 6.35. The lowest BCUT2D eigenvalue weighted by Crippen LogP contribution is -2.20. The van der Waals surface area contributed by atoms with Crippen molar-refractivity contribution in [2.24, 2.45) is 11.7 Å². The van der Waals surface area contributed by atoms with Crippen LogP contribution in [-0.4, -0.2) is 11.7 Å². The first kappa shape index (κ1) is 12.2. The van der Waals surface area contributed by atoms with Gasteiger partial charge in [0, 0.05) is 10.8 Å². The van der Waals surface area contributed by atoms with Crippen molar-refractivity contribution in [2.75, 3.05) is 6.54 Å². The Balaban J connectivity index is 2.82. The zero-order valence-corrected chi connectivity index (χ0v) is 10.9. The maximum absolute atomic E-state index is 10.0. The van der Waals surface area contributed by atoms with Gasteiger partial charge in [-0.15, -0.1) is 11.3 Å². The van der Waals surface area contributed by atoms with E-state index < -0.39 is 6.10 Å². The van der Waals surface area contributed by atoms with E-state index in [1.54, 1.807) is 11.3 Å². The zero-order valence-electron chi connectivity index (χ0n) is 8.46. The molecule has 1 aromatic rings. The van der Waals surface area contributed by atoms with E-state index in [0.29, 0.717) is 6.54 Å². The lowest BCUT2D eigenvalue weighted by Gasteiger charge is -2.18. The first-order valence-electron chi connectivity index (χ1n) is 4.74.